The van der Waals surface area contributed by atoms with Crippen molar-refractivity contribution in [2.45, 2.75) is 49.2 Å². The molecule has 2 heterocycles. The second-order valence-corrected chi connectivity index (χ2v) is 9.83. The number of hydrogen-bond acceptors (Lipinski definition) is 5. The third-order valence-electron chi connectivity index (χ3n) is 6.18. The highest BCUT2D eigenvalue weighted by atomic mass is 32.2. The van der Waals surface area contributed by atoms with Crippen LogP contribution in [0, 0.1) is 0 Å². The van der Waals surface area contributed by atoms with Crippen LogP contribution >= 0.6 is 11.8 Å². The summed E-state index contributed by atoms with van der Waals surface area (Å²) in [7, 11) is 0. The largest absolute Gasteiger partial charge is 0.348 e. The van der Waals surface area contributed by atoms with E-state index in [9.17, 15) is 4.79 Å². The minimum Gasteiger partial charge on any atom is -0.348 e. The number of nitrogens with zero attached hydrogens (tertiary/aromatic N) is 4. The first-order valence-electron chi connectivity index (χ1n) is 11.6. The summed E-state index contributed by atoms with van der Waals surface area (Å²) < 4.78 is 2.08. The molecule has 0 bridgehead atoms. The van der Waals surface area contributed by atoms with Crippen LogP contribution in [0.4, 0.5) is 0 Å². The molecular formula is C27H27N5OS. The van der Waals surface area contributed by atoms with Crippen molar-refractivity contribution in [2.24, 2.45) is 0 Å². The average molecular weight is 470 g/mol. The van der Waals surface area contributed by atoms with Gasteiger partial charge in [-0.25, -0.2) is 0 Å². The van der Waals surface area contributed by atoms with Crippen molar-refractivity contribution in [3.63, 3.8) is 0 Å². The molecule has 0 radical (unpaired) electrons. The van der Waals surface area contributed by atoms with Crippen molar-refractivity contribution in [2.75, 3.05) is 0 Å². The number of amides is 1. The Morgan fingerprint density at radius 1 is 1.06 bits per heavy atom. The van der Waals surface area contributed by atoms with Crippen LogP contribution < -0.4 is 5.32 Å². The molecule has 0 saturated carbocycles. The number of carbonyl (C=O) groups excluding carboxylic acids is 1. The van der Waals surface area contributed by atoms with Gasteiger partial charge in [-0.2, -0.15) is 0 Å². The highest BCUT2D eigenvalue weighted by Gasteiger charge is 2.26. The fourth-order valence-electron chi connectivity index (χ4n) is 4.40. The first-order valence-corrected chi connectivity index (χ1v) is 12.5. The van der Waals surface area contributed by atoms with E-state index in [2.05, 4.69) is 55.4 Å². The summed E-state index contributed by atoms with van der Waals surface area (Å²) in [4.78, 5) is 17.3. The average Bonchev–Trinajstić information content (AvgIpc) is 3.27. The van der Waals surface area contributed by atoms with Crippen molar-refractivity contribution in [3.8, 4) is 11.4 Å². The molecule has 4 aromatic rings. The zero-order valence-corrected chi connectivity index (χ0v) is 19.9. The lowest BCUT2D eigenvalue weighted by Crippen LogP contribution is -2.36. The third-order valence-corrected chi connectivity index (χ3v) is 7.26. The van der Waals surface area contributed by atoms with E-state index in [1.165, 1.54) is 22.9 Å². The summed E-state index contributed by atoms with van der Waals surface area (Å²) in [5.41, 5.74) is 4.67. The van der Waals surface area contributed by atoms with Gasteiger partial charge in [0.15, 0.2) is 11.0 Å². The molecule has 2 aromatic carbocycles. The van der Waals surface area contributed by atoms with Crippen LogP contribution in [-0.4, -0.2) is 30.9 Å². The van der Waals surface area contributed by atoms with Gasteiger partial charge in [-0.15, -0.1) is 10.2 Å². The molecule has 0 saturated heterocycles. The Bertz CT molecular complexity index is 1260. The first kappa shape index (κ1) is 22.3. The molecule has 172 valence electrons. The zero-order valence-electron chi connectivity index (χ0n) is 19.1. The highest BCUT2D eigenvalue weighted by molar-refractivity contribution is 8.00. The van der Waals surface area contributed by atoms with Crippen LogP contribution in [0.25, 0.3) is 11.4 Å². The maximum atomic E-state index is 13.2. The number of nitrogens with one attached hydrogen (secondary N) is 1. The number of aromatic nitrogens is 4. The summed E-state index contributed by atoms with van der Waals surface area (Å²) in [6.45, 7) is 2.56. The number of hydrogen-bond donors (Lipinski definition) is 1. The van der Waals surface area contributed by atoms with Gasteiger partial charge in [0, 0.05) is 18.0 Å². The lowest BCUT2D eigenvalue weighted by atomic mass is 9.88. The normalized spacial score (nSPS) is 16.0. The van der Waals surface area contributed by atoms with E-state index in [0.29, 0.717) is 6.54 Å². The number of aryl methyl sites for hydroxylation is 1. The molecule has 1 N–H and O–H groups in total. The van der Waals surface area contributed by atoms with Crippen LogP contribution in [0.15, 0.2) is 84.3 Å². The molecule has 6 nitrogen and oxygen atoms in total. The van der Waals surface area contributed by atoms with Crippen LogP contribution in [0.2, 0.25) is 0 Å². The molecule has 34 heavy (non-hydrogen) atoms. The maximum Gasteiger partial charge on any atom is 0.233 e. The Kier molecular flexibility index (Phi) is 6.72. The fourth-order valence-corrected chi connectivity index (χ4v) is 5.26. The molecule has 1 aliphatic rings. The lowest BCUT2D eigenvalue weighted by molar-refractivity contribution is -0.121. The van der Waals surface area contributed by atoms with Crippen molar-refractivity contribution < 1.29 is 4.79 Å². The Balaban J connectivity index is 1.36. The summed E-state index contributed by atoms with van der Waals surface area (Å²) in [5.74, 6) is 0.786. The van der Waals surface area contributed by atoms with E-state index >= 15 is 0 Å². The Morgan fingerprint density at radius 2 is 1.82 bits per heavy atom. The topological polar surface area (TPSA) is 72.7 Å². The van der Waals surface area contributed by atoms with Gasteiger partial charge in [0.2, 0.25) is 5.91 Å². The number of pyridine rings is 1. The van der Waals surface area contributed by atoms with Gasteiger partial charge in [-0.1, -0.05) is 66.4 Å². The van der Waals surface area contributed by atoms with Crippen LogP contribution in [0.3, 0.4) is 0 Å². The number of fused-ring (bicyclic) bond motifs is 1. The SMILES string of the molecule is C[C@H](Sc1nnc(-c2ccncc2)n1Cc1ccccc1)C(=O)N[C@@H]1CCCc2ccccc21. The second-order valence-electron chi connectivity index (χ2n) is 8.53. The van der Waals surface area contributed by atoms with Gasteiger partial charge in [-0.3, -0.25) is 14.3 Å². The zero-order chi connectivity index (χ0) is 23.3. The van der Waals surface area contributed by atoms with E-state index in [1.54, 1.807) is 12.4 Å². The van der Waals surface area contributed by atoms with Crippen LogP contribution in [0.5, 0.6) is 0 Å². The monoisotopic (exact) mass is 469 g/mol. The van der Waals surface area contributed by atoms with Crippen molar-refractivity contribution in [1.29, 1.82) is 0 Å². The van der Waals surface area contributed by atoms with Gasteiger partial charge >= 0.3 is 0 Å². The van der Waals surface area contributed by atoms with E-state index in [-0.39, 0.29) is 17.2 Å². The van der Waals surface area contributed by atoms with E-state index < -0.39 is 0 Å². The predicted octanol–water partition coefficient (Wildman–Crippen LogP) is 5.06. The number of rotatable bonds is 7. The van der Waals surface area contributed by atoms with Gasteiger partial charge in [-0.05, 0) is 55.0 Å². The molecule has 2 atom stereocenters. The van der Waals surface area contributed by atoms with Gasteiger partial charge in [0.1, 0.15) is 0 Å². The number of thioether (sulfide) groups is 1. The Labute approximate surface area is 203 Å². The Morgan fingerprint density at radius 3 is 2.65 bits per heavy atom. The molecule has 1 amide bonds. The molecular weight excluding hydrogens is 442 g/mol. The summed E-state index contributed by atoms with van der Waals surface area (Å²) in [6, 6.07) is 22.6. The van der Waals surface area contributed by atoms with Crippen molar-refractivity contribution in [3.05, 3.63) is 95.8 Å². The highest BCUT2D eigenvalue weighted by Crippen LogP contribution is 2.31. The number of benzene rings is 2. The van der Waals surface area contributed by atoms with E-state index in [0.717, 1.165) is 41.4 Å². The lowest BCUT2D eigenvalue weighted by Gasteiger charge is -2.27. The summed E-state index contributed by atoms with van der Waals surface area (Å²) in [6.07, 6.45) is 6.64. The van der Waals surface area contributed by atoms with Crippen LogP contribution in [0.1, 0.15) is 42.5 Å². The summed E-state index contributed by atoms with van der Waals surface area (Å²) >= 11 is 1.44. The van der Waals surface area contributed by atoms with Crippen LogP contribution in [-0.2, 0) is 17.8 Å². The number of carbonyl (C=O) groups is 1. The van der Waals surface area contributed by atoms with Crippen molar-refractivity contribution >= 4 is 17.7 Å². The standard InChI is InChI=1S/C27H27N5OS/c1-19(26(33)29-24-13-7-11-21-10-5-6-12-23(21)24)34-27-31-30-25(22-14-16-28-17-15-22)32(27)18-20-8-3-2-4-9-20/h2-6,8-10,12,14-17,19,24H,7,11,13,18H2,1H3,(H,29,33)/t19-,24+/m0/s1. The molecule has 0 spiro atoms. The maximum absolute atomic E-state index is 13.2. The quantitative estimate of drug-likeness (QED) is 0.383. The molecule has 1 aliphatic carbocycles. The third kappa shape index (κ3) is 4.89. The van der Waals surface area contributed by atoms with Gasteiger partial charge < -0.3 is 5.32 Å². The minimum atomic E-state index is -0.307. The minimum absolute atomic E-state index is 0.0198. The van der Waals surface area contributed by atoms with Crippen molar-refractivity contribution in [1.82, 2.24) is 25.1 Å². The molecule has 0 unspecified atom stereocenters. The molecule has 7 heteroatoms. The summed E-state index contributed by atoms with van der Waals surface area (Å²) in [5, 5.41) is 12.6. The Hall–Kier alpha value is -3.45. The second kappa shape index (κ2) is 10.2. The molecule has 5 rings (SSSR count). The molecule has 0 aliphatic heterocycles. The fraction of sp³-hybridized carbons (Fsp3) is 0.259. The van der Waals surface area contributed by atoms with E-state index in [1.807, 2.05) is 43.3 Å². The van der Waals surface area contributed by atoms with E-state index in [4.69, 9.17) is 0 Å². The smallest absolute Gasteiger partial charge is 0.233 e. The predicted molar refractivity (Wildman–Crippen MR) is 134 cm³/mol. The van der Waals surface area contributed by atoms with Gasteiger partial charge in [0.05, 0.1) is 17.8 Å². The first-order chi connectivity index (χ1) is 16.7. The van der Waals surface area contributed by atoms with Gasteiger partial charge in [0.25, 0.3) is 0 Å². The molecule has 2 aromatic heterocycles. The molecule has 0 fully saturated rings.